The first-order valence-corrected chi connectivity index (χ1v) is 6.63. The molecule has 17 heavy (non-hydrogen) atoms. The molecule has 0 amide bonds. The van der Waals surface area contributed by atoms with Gasteiger partial charge in [-0.15, -0.1) is 0 Å². The van der Waals surface area contributed by atoms with Gasteiger partial charge in [0.15, 0.2) is 4.77 Å². The summed E-state index contributed by atoms with van der Waals surface area (Å²) in [6.45, 7) is 4.33. The van der Waals surface area contributed by atoms with E-state index >= 15 is 0 Å². The van der Waals surface area contributed by atoms with Gasteiger partial charge >= 0.3 is 0 Å². The van der Waals surface area contributed by atoms with Gasteiger partial charge in [0.1, 0.15) is 0 Å². The lowest BCUT2D eigenvalue weighted by Gasteiger charge is -2.29. The van der Waals surface area contributed by atoms with Gasteiger partial charge in [0.05, 0.1) is 11.0 Å². The van der Waals surface area contributed by atoms with E-state index in [1.165, 1.54) is 30.3 Å². The molecule has 0 aliphatic carbocycles. The zero-order chi connectivity index (χ0) is 11.8. The largest absolute Gasteiger partial charge is 0.329 e. The number of rotatable bonds is 1. The first-order chi connectivity index (χ1) is 8.25. The van der Waals surface area contributed by atoms with Crippen LogP contribution in [-0.4, -0.2) is 22.7 Å². The van der Waals surface area contributed by atoms with Gasteiger partial charge in [-0.2, -0.15) is 0 Å². The number of aromatic amines is 1. The molecular formula is C13H17N3S. The Labute approximate surface area is 106 Å². The number of hydrogen-bond donors (Lipinski definition) is 1. The number of H-pyrrole nitrogens is 1. The number of aryl methyl sites for hydroxylation is 1. The molecule has 1 saturated heterocycles. The molecule has 0 bridgehead atoms. The van der Waals surface area contributed by atoms with Gasteiger partial charge in [0, 0.05) is 13.1 Å². The standard InChI is InChI=1S/C13H17N3S/c1-10-5-6-11-12(9-10)16(13(17)14-11)15-7-3-2-4-8-15/h5-6,9H,2-4,7-8H2,1H3,(H,14,17). The molecule has 3 rings (SSSR count). The second kappa shape index (κ2) is 4.18. The molecule has 1 aliphatic rings. The third-order valence-electron chi connectivity index (χ3n) is 3.43. The minimum Gasteiger partial charge on any atom is -0.329 e. The first-order valence-electron chi connectivity index (χ1n) is 6.22. The van der Waals surface area contributed by atoms with E-state index in [1.54, 1.807) is 0 Å². The number of nitrogens with one attached hydrogen (secondary N) is 1. The van der Waals surface area contributed by atoms with Crippen LogP contribution in [0.5, 0.6) is 0 Å². The summed E-state index contributed by atoms with van der Waals surface area (Å²) in [6.07, 6.45) is 3.87. The first kappa shape index (κ1) is 10.8. The van der Waals surface area contributed by atoms with Gasteiger partial charge in [-0.1, -0.05) is 6.07 Å². The minimum atomic E-state index is 0.813. The Bertz CT molecular complexity index is 590. The van der Waals surface area contributed by atoms with E-state index in [4.69, 9.17) is 12.2 Å². The van der Waals surface area contributed by atoms with Crippen molar-refractivity contribution in [1.82, 2.24) is 9.66 Å². The summed E-state index contributed by atoms with van der Waals surface area (Å²) in [5.74, 6) is 0. The van der Waals surface area contributed by atoms with E-state index < -0.39 is 0 Å². The van der Waals surface area contributed by atoms with Crippen LogP contribution < -0.4 is 5.01 Å². The highest BCUT2D eigenvalue weighted by Crippen LogP contribution is 2.18. The second-order valence-electron chi connectivity index (χ2n) is 4.78. The Balaban J connectivity index is 2.16. The molecule has 0 unspecified atom stereocenters. The third-order valence-corrected chi connectivity index (χ3v) is 3.71. The van der Waals surface area contributed by atoms with Crippen LogP contribution >= 0.6 is 12.2 Å². The van der Waals surface area contributed by atoms with E-state index in [-0.39, 0.29) is 0 Å². The summed E-state index contributed by atoms with van der Waals surface area (Å²) in [5, 5.41) is 2.37. The SMILES string of the molecule is Cc1ccc2[nH]c(=S)n(N3CCCCC3)c2c1. The summed E-state index contributed by atoms with van der Waals surface area (Å²) >= 11 is 5.44. The van der Waals surface area contributed by atoms with Crippen LogP contribution in [0.15, 0.2) is 18.2 Å². The summed E-state index contributed by atoms with van der Waals surface area (Å²) in [5.41, 5.74) is 3.61. The lowest BCUT2D eigenvalue weighted by molar-refractivity contribution is 0.483. The maximum atomic E-state index is 5.44. The summed E-state index contributed by atoms with van der Waals surface area (Å²) in [6, 6.07) is 6.44. The van der Waals surface area contributed by atoms with E-state index in [1.807, 2.05) is 0 Å². The molecule has 0 spiro atoms. The molecule has 0 saturated carbocycles. The smallest absolute Gasteiger partial charge is 0.197 e. The molecule has 0 radical (unpaired) electrons. The van der Waals surface area contributed by atoms with Gasteiger partial charge < -0.3 is 9.99 Å². The molecule has 1 aliphatic heterocycles. The minimum absolute atomic E-state index is 0.813. The number of benzene rings is 1. The topological polar surface area (TPSA) is 24.0 Å². The van der Waals surface area contributed by atoms with Gasteiger partial charge in [-0.25, -0.2) is 4.68 Å². The van der Waals surface area contributed by atoms with Crippen molar-refractivity contribution in [3.05, 3.63) is 28.5 Å². The van der Waals surface area contributed by atoms with Crippen molar-refractivity contribution in [2.75, 3.05) is 18.1 Å². The molecule has 90 valence electrons. The fourth-order valence-electron chi connectivity index (χ4n) is 2.56. The van der Waals surface area contributed by atoms with Crippen molar-refractivity contribution in [2.24, 2.45) is 0 Å². The fraction of sp³-hybridized carbons (Fsp3) is 0.462. The zero-order valence-corrected chi connectivity index (χ0v) is 10.9. The molecule has 0 atom stereocenters. The quantitative estimate of drug-likeness (QED) is 0.783. The third kappa shape index (κ3) is 1.86. The van der Waals surface area contributed by atoms with Gasteiger partial charge in [-0.05, 0) is 56.1 Å². The lowest BCUT2D eigenvalue weighted by Crippen LogP contribution is -2.39. The van der Waals surface area contributed by atoms with E-state index in [9.17, 15) is 0 Å². The average molecular weight is 247 g/mol. The Morgan fingerprint density at radius 3 is 2.71 bits per heavy atom. The summed E-state index contributed by atoms with van der Waals surface area (Å²) < 4.78 is 2.99. The average Bonchev–Trinajstić information content (AvgIpc) is 2.65. The van der Waals surface area contributed by atoms with Gasteiger partial charge in [-0.3, -0.25) is 0 Å². The molecule has 1 aromatic carbocycles. The Morgan fingerprint density at radius 2 is 1.94 bits per heavy atom. The van der Waals surface area contributed by atoms with Crippen molar-refractivity contribution in [1.29, 1.82) is 0 Å². The Kier molecular flexibility index (Phi) is 2.67. The number of piperidine rings is 1. The summed E-state index contributed by atoms with van der Waals surface area (Å²) in [4.78, 5) is 3.29. The van der Waals surface area contributed by atoms with Crippen molar-refractivity contribution < 1.29 is 0 Å². The highest BCUT2D eigenvalue weighted by Gasteiger charge is 2.14. The van der Waals surface area contributed by atoms with Crippen LogP contribution in [0.3, 0.4) is 0 Å². The molecule has 1 N–H and O–H groups in total. The highest BCUT2D eigenvalue weighted by molar-refractivity contribution is 7.71. The van der Waals surface area contributed by atoms with E-state index in [0.717, 1.165) is 23.4 Å². The maximum absolute atomic E-state index is 5.44. The number of nitrogens with zero attached hydrogens (tertiary/aromatic N) is 2. The van der Waals surface area contributed by atoms with Crippen LogP contribution in [0.25, 0.3) is 11.0 Å². The Hall–Kier alpha value is -1.29. The molecule has 1 aromatic heterocycles. The maximum Gasteiger partial charge on any atom is 0.197 e. The number of aromatic nitrogens is 2. The van der Waals surface area contributed by atoms with Crippen molar-refractivity contribution >= 4 is 23.3 Å². The van der Waals surface area contributed by atoms with E-state index in [2.05, 4.69) is 39.8 Å². The predicted octanol–water partition coefficient (Wildman–Crippen LogP) is 3.13. The summed E-state index contributed by atoms with van der Waals surface area (Å²) in [7, 11) is 0. The second-order valence-corrected chi connectivity index (χ2v) is 5.16. The van der Waals surface area contributed by atoms with Crippen molar-refractivity contribution in [3.8, 4) is 0 Å². The van der Waals surface area contributed by atoms with Crippen LogP contribution in [-0.2, 0) is 0 Å². The zero-order valence-electron chi connectivity index (χ0n) is 10.1. The molecule has 3 nitrogen and oxygen atoms in total. The molecule has 4 heteroatoms. The van der Waals surface area contributed by atoms with Crippen LogP contribution in [0.2, 0.25) is 0 Å². The van der Waals surface area contributed by atoms with Gasteiger partial charge in [0.2, 0.25) is 0 Å². The molecular weight excluding hydrogens is 230 g/mol. The molecule has 1 fully saturated rings. The molecule has 2 aromatic rings. The fourth-order valence-corrected chi connectivity index (χ4v) is 2.88. The number of hydrogen-bond acceptors (Lipinski definition) is 2. The normalized spacial score (nSPS) is 16.6. The van der Waals surface area contributed by atoms with Crippen molar-refractivity contribution in [3.63, 3.8) is 0 Å². The van der Waals surface area contributed by atoms with Crippen LogP contribution in [0.4, 0.5) is 0 Å². The monoisotopic (exact) mass is 247 g/mol. The van der Waals surface area contributed by atoms with Crippen LogP contribution in [0.1, 0.15) is 24.8 Å². The highest BCUT2D eigenvalue weighted by atomic mass is 32.1. The van der Waals surface area contributed by atoms with Crippen LogP contribution in [0, 0.1) is 11.7 Å². The van der Waals surface area contributed by atoms with E-state index in [0.29, 0.717) is 0 Å². The Morgan fingerprint density at radius 1 is 1.18 bits per heavy atom. The van der Waals surface area contributed by atoms with Crippen molar-refractivity contribution in [2.45, 2.75) is 26.2 Å². The molecule has 2 heterocycles. The van der Waals surface area contributed by atoms with Gasteiger partial charge in [0.25, 0.3) is 0 Å². The predicted molar refractivity (Wildman–Crippen MR) is 73.7 cm³/mol. The lowest BCUT2D eigenvalue weighted by atomic mass is 10.2. The number of fused-ring (bicyclic) bond motifs is 1. The number of imidazole rings is 1.